The normalized spacial score (nSPS) is 10.5. The van der Waals surface area contributed by atoms with Gasteiger partial charge in [-0.3, -0.25) is 4.79 Å². The van der Waals surface area contributed by atoms with Crippen LogP contribution in [0.3, 0.4) is 0 Å². The van der Waals surface area contributed by atoms with E-state index in [2.05, 4.69) is 5.10 Å². The highest BCUT2D eigenvalue weighted by molar-refractivity contribution is 6.32. The van der Waals surface area contributed by atoms with E-state index in [0.29, 0.717) is 16.3 Å². The first kappa shape index (κ1) is 11.6. The molecule has 0 spiro atoms. The molecule has 0 aliphatic carbocycles. The van der Waals surface area contributed by atoms with Crippen molar-refractivity contribution >= 4 is 17.5 Å². The fraction of sp³-hybridized carbons (Fsp3) is 0.0909. The third-order valence-electron chi connectivity index (χ3n) is 2.31. The number of aromatic nitrogens is 2. The maximum atomic E-state index is 10.9. The Kier molecular flexibility index (Phi) is 3.12. The Morgan fingerprint density at radius 1 is 1.47 bits per heavy atom. The van der Waals surface area contributed by atoms with E-state index in [4.69, 9.17) is 17.3 Å². The van der Waals surface area contributed by atoms with Gasteiger partial charge >= 0.3 is 0 Å². The minimum Gasteiger partial charge on any atom is -0.392 e. The van der Waals surface area contributed by atoms with Gasteiger partial charge in [-0.05, 0) is 12.1 Å². The van der Waals surface area contributed by atoms with Gasteiger partial charge in [0.2, 0.25) is 0 Å². The van der Waals surface area contributed by atoms with Gasteiger partial charge in [0.15, 0.2) is 0 Å². The van der Waals surface area contributed by atoms with Crippen LogP contribution >= 0.6 is 11.6 Å². The summed E-state index contributed by atoms with van der Waals surface area (Å²) in [6.45, 7) is -0.165. The Balaban J connectivity index is 2.55. The molecule has 0 fully saturated rings. The van der Waals surface area contributed by atoms with E-state index in [1.807, 2.05) is 0 Å². The Bertz CT molecular complexity index is 566. The van der Waals surface area contributed by atoms with Crippen molar-refractivity contribution in [3.63, 3.8) is 0 Å². The highest BCUT2D eigenvalue weighted by Crippen LogP contribution is 2.24. The second-order valence-electron chi connectivity index (χ2n) is 3.42. The van der Waals surface area contributed by atoms with Gasteiger partial charge in [-0.25, -0.2) is 4.68 Å². The van der Waals surface area contributed by atoms with Crippen LogP contribution in [-0.4, -0.2) is 20.8 Å². The highest BCUT2D eigenvalue weighted by Gasteiger charge is 2.11. The van der Waals surface area contributed by atoms with Gasteiger partial charge in [0.25, 0.3) is 5.91 Å². The summed E-state index contributed by atoms with van der Waals surface area (Å²) in [6.07, 6.45) is 1.57. The van der Waals surface area contributed by atoms with Crippen molar-refractivity contribution in [2.24, 2.45) is 5.73 Å². The van der Waals surface area contributed by atoms with E-state index in [1.54, 1.807) is 24.4 Å². The van der Waals surface area contributed by atoms with Crippen LogP contribution in [0.25, 0.3) is 5.69 Å². The second kappa shape index (κ2) is 4.57. The van der Waals surface area contributed by atoms with Crippen LogP contribution in [0.5, 0.6) is 0 Å². The van der Waals surface area contributed by atoms with Crippen molar-refractivity contribution in [2.45, 2.75) is 6.61 Å². The first-order valence-electron chi connectivity index (χ1n) is 4.87. The van der Waals surface area contributed by atoms with Crippen LogP contribution in [0.1, 0.15) is 16.1 Å². The fourth-order valence-electron chi connectivity index (χ4n) is 1.52. The molecule has 0 aliphatic heterocycles. The zero-order chi connectivity index (χ0) is 12.4. The van der Waals surface area contributed by atoms with Gasteiger partial charge in [-0.15, -0.1) is 0 Å². The number of rotatable bonds is 3. The van der Waals surface area contributed by atoms with Crippen molar-refractivity contribution < 1.29 is 9.90 Å². The summed E-state index contributed by atoms with van der Waals surface area (Å²) in [7, 11) is 0. The Labute approximate surface area is 102 Å². The molecule has 0 saturated carbocycles. The summed E-state index contributed by atoms with van der Waals surface area (Å²) in [5, 5.41) is 13.7. The lowest BCUT2D eigenvalue weighted by Gasteiger charge is -2.09. The molecule has 0 atom stereocenters. The monoisotopic (exact) mass is 251 g/mol. The van der Waals surface area contributed by atoms with Gasteiger partial charge in [0, 0.05) is 11.8 Å². The van der Waals surface area contributed by atoms with Crippen molar-refractivity contribution in [3.8, 4) is 5.69 Å². The number of amides is 1. The van der Waals surface area contributed by atoms with E-state index in [1.165, 1.54) is 10.7 Å². The quantitative estimate of drug-likeness (QED) is 0.858. The van der Waals surface area contributed by atoms with Crippen LogP contribution in [0.4, 0.5) is 0 Å². The van der Waals surface area contributed by atoms with Crippen LogP contribution < -0.4 is 5.73 Å². The molecule has 1 heterocycles. The average molecular weight is 252 g/mol. The predicted molar refractivity (Wildman–Crippen MR) is 63.0 cm³/mol. The number of nitrogens with two attached hydrogens (primary N) is 1. The molecule has 2 rings (SSSR count). The molecule has 1 aromatic heterocycles. The molecule has 0 bridgehead atoms. The molecule has 3 N–H and O–H groups in total. The summed E-state index contributed by atoms with van der Waals surface area (Å²) >= 11 is 6.04. The fourth-order valence-corrected chi connectivity index (χ4v) is 1.80. The lowest BCUT2D eigenvalue weighted by molar-refractivity contribution is 0.0995. The number of carbonyl (C=O) groups excluding carboxylic acids is 1. The molecule has 0 saturated heterocycles. The molecule has 5 nitrogen and oxygen atoms in total. The van der Waals surface area contributed by atoms with Crippen molar-refractivity contribution in [1.29, 1.82) is 0 Å². The standard InChI is InChI=1S/C11H10ClN3O2/c12-8-3-1-2-7(6-16)10(8)15-5-4-9(14-15)11(13)17/h1-5,16H,6H2,(H2,13,17). The number of hydrogen-bond donors (Lipinski definition) is 2. The lowest BCUT2D eigenvalue weighted by atomic mass is 10.2. The number of benzene rings is 1. The molecular formula is C11H10ClN3O2. The van der Waals surface area contributed by atoms with Gasteiger partial charge in [-0.1, -0.05) is 23.7 Å². The first-order valence-corrected chi connectivity index (χ1v) is 5.25. The lowest BCUT2D eigenvalue weighted by Crippen LogP contribution is -2.12. The van der Waals surface area contributed by atoms with Crippen LogP contribution in [0.15, 0.2) is 30.5 Å². The minimum absolute atomic E-state index is 0.147. The molecular weight excluding hydrogens is 242 g/mol. The molecule has 1 amide bonds. The van der Waals surface area contributed by atoms with Crippen LogP contribution in [0, 0.1) is 0 Å². The summed E-state index contributed by atoms with van der Waals surface area (Å²) < 4.78 is 1.42. The highest BCUT2D eigenvalue weighted by atomic mass is 35.5. The minimum atomic E-state index is -0.610. The topological polar surface area (TPSA) is 81.1 Å². The third-order valence-corrected chi connectivity index (χ3v) is 2.62. The number of hydrogen-bond acceptors (Lipinski definition) is 3. The zero-order valence-corrected chi connectivity index (χ0v) is 9.55. The summed E-state index contributed by atoms with van der Waals surface area (Å²) in [5.41, 5.74) is 6.43. The molecule has 2 aromatic rings. The summed E-state index contributed by atoms with van der Waals surface area (Å²) in [4.78, 5) is 10.9. The summed E-state index contributed by atoms with van der Waals surface area (Å²) in [5.74, 6) is -0.610. The number of aliphatic hydroxyl groups is 1. The first-order chi connectivity index (χ1) is 8.13. The molecule has 17 heavy (non-hydrogen) atoms. The van der Waals surface area contributed by atoms with Gasteiger partial charge < -0.3 is 10.8 Å². The molecule has 0 unspecified atom stereocenters. The Morgan fingerprint density at radius 3 is 2.82 bits per heavy atom. The number of primary amides is 1. The molecule has 6 heteroatoms. The number of para-hydroxylation sites is 1. The SMILES string of the molecule is NC(=O)c1ccn(-c2c(Cl)cccc2CO)n1. The Hall–Kier alpha value is -1.85. The Morgan fingerprint density at radius 2 is 2.24 bits per heavy atom. The molecule has 1 aromatic carbocycles. The third kappa shape index (κ3) is 2.15. The van der Waals surface area contributed by atoms with Crippen LogP contribution in [-0.2, 0) is 6.61 Å². The van der Waals surface area contributed by atoms with Crippen molar-refractivity contribution in [2.75, 3.05) is 0 Å². The van der Waals surface area contributed by atoms with E-state index in [0.717, 1.165) is 0 Å². The molecule has 0 radical (unpaired) electrons. The predicted octanol–water partition coefficient (Wildman–Crippen LogP) is 1.12. The maximum absolute atomic E-state index is 10.9. The number of nitrogens with zero attached hydrogens (tertiary/aromatic N) is 2. The smallest absolute Gasteiger partial charge is 0.269 e. The maximum Gasteiger partial charge on any atom is 0.269 e. The largest absolute Gasteiger partial charge is 0.392 e. The van der Waals surface area contributed by atoms with Crippen molar-refractivity contribution in [1.82, 2.24) is 9.78 Å². The van der Waals surface area contributed by atoms with E-state index < -0.39 is 5.91 Å². The second-order valence-corrected chi connectivity index (χ2v) is 3.82. The van der Waals surface area contributed by atoms with Gasteiger partial charge in [0.05, 0.1) is 17.3 Å². The van der Waals surface area contributed by atoms with Crippen molar-refractivity contribution in [3.05, 3.63) is 46.7 Å². The van der Waals surface area contributed by atoms with E-state index >= 15 is 0 Å². The van der Waals surface area contributed by atoms with E-state index in [9.17, 15) is 9.90 Å². The zero-order valence-electron chi connectivity index (χ0n) is 8.80. The number of carbonyl (C=O) groups is 1. The molecule has 0 aliphatic rings. The van der Waals surface area contributed by atoms with Crippen LogP contribution in [0.2, 0.25) is 5.02 Å². The van der Waals surface area contributed by atoms with E-state index in [-0.39, 0.29) is 12.3 Å². The van der Waals surface area contributed by atoms with Gasteiger partial charge in [-0.2, -0.15) is 5.10 Å². The van der Waals surface area contributed by atoms with Gasteiger partial charge in [0.1, 0.15) is 5.69 Å². The number of halogens is 1. The average Bonchev–Trinajstić information content (AvgIpc) is 2.77. The summed E-state index contributed by atoms with van der Waals surface area (Å²) in [6, 6.07) is 6.64. The number of aliphatic hydroxyl groups excluding tert-OH is 1. The molecule has 88 valence electrons.